The molecule has 0 saturated heterocycles. The predicted octanol–water partition coefficient (Wildman–Crippen LogP) is 3.28. The normalized spacial score (nSPS) is 11.8. The fourth-order valence-corrected chi connectivity index (χ4v) is 4.37. The van der Waals surface area contributed by atoms with Gasteiger partial charge in [-0.2, -0.15) is 0 Å². The first-order valence-corrected chi connectivity index (χ1v) is 11.2. The molecule has 0 unspecified atom stereocenters. The minimum Gasteiger partial charge on any atom is -0.495 e. The quantitative estimate of drug-likeness (QED) is 0.591. The number of hydrogen-bond acceptors (Lipinski definition) is 5. The molecule has 2 aromatic rings. The fraction of sp³-hybridized carbons (Fsp3) is 0.409. The first kappa shape index (κ1) is 23.7. The van der Waals surface area contributed by atoms with Gasteiger partial charge in [0.05, 0.1) is 13.7 Å². The topological polar surface area (TPSA) is 93.7 Å². The van der Waals surface area contributed by atoms with Gasteiger partial charge in [-0.1, -0.05) is 12.1 Å². The van der Waals surface area contributed by atoms with E-state index in [4.69, 9.17) is 9.47 Å². The zero-order valence-corrected chi connectivity index (χ0v) is 18.9. The van der Waals surface area contributed by atoms with Crippen molar-refractivity contribution in [3.63, 3.8) is 0 Å². The minimum atomic E-state index is -3.86. The van der Waals surface area contributed by atoms with Crippen molar-refractivity contribution in [1.82, 2.24) is 10.0 Å². The number of sulfonamides is 1. The standard InChI is InChI=1S/C22H30N2O5S/c1-16-8-6-9-18(14-16)29-13-7-12-23-21(25)17-10-11-19(28-5)20(15-17)30(26,27)24-22(2,3)4/h6,8-11,14-15,24H,7,12-13H2,1-5H3,(H,23,25). The van der Waals surface area contributed by atoms with E-state index in [9.17, 15) is 13.2 Å². The minimum absolute atomic E-state index is 0.0737. The number of ether oxygens (including phenoxy) is 2. The molecular weight excluding hydrogens is 404 g/mol. The SMILES string of the molecule is COc1ccc(C(=O)NCCCOc2cccc(C)c2)cc1S(=O)(=O)NC(C)(C)C. The molecule has 1 amide bonds. The van der Waals surface area contributed by atoms with Gasteiger partial charge in [-0.3, -0.25) is 4.79 Å². The fourth-order valence-electron chi connectivity index (χ4n) is 2.76. The van der Waals surface area contributed by atoms with Crippen LogP contribution >= 0.6 is 0 Å². The number of carbonyl (C=O) groups is 1. The number of hydrogen-bond donors (Lipinski definition) is 2. The monoisotopic (exact) mass is 434 g/mol. The molecule has 0 aromatic heterocycles. The number of carbonyl (C=O) groups excluding carboxylic acids is 1. The van der Waals surface area contributed by atoms with Crippen LogP contribution in [-0.2, 0) is 10.0 Å². The molecule has 2 rings (SSSR count). The first-order chi connectivity index (χ1) is 14.0. The van der Waals surface area contributed by atoms with Crippen molar-refractivity contribution in [1.29, 1.82) is 0 Å². The van der Waals surface area contributed by atoms with E-state index in [0.717, 1.165) is 11.3 Å². The molecule has 2 N–H and O–H groups in total. The Kier molecular flexibility index (Phi) is 7.86. The Morgan fingerprint density at radius 2 is 1.83 bits per heavy atom. The van der Waals surface area contributed by atoms with Crippen molar-refractivity contribution >= 4 is 15.9 Å². The number of methoxy groups -OCH3 is 1. The van der Waals surface area contributed by atoms with Gasteiger partial charge >= 0.3 is 0 Å². The van der Waals surface area contributed by atoms with Gasteiger partial charge in [0.2, 0.25) is 10.0 Å². The lowest BCUT2D eigenvalue weighted by Gasteiger charge is -2.21. The summed E-state index contributed by atoms with van der Waals surface area (Å²) in [6.45, 7) is 8.08. The molecule has 2 aromatic carbocycles. The van der Waals surface area contributed by atoms with E-state index in [2.05, 4.69) is 10.0 Å². The molecule has 0 radical (unpaired) electrons. The van der Waals surface area contributed by atoms with Crippen molar-refractivity contribution in [3.05, 3.63) is 53.6 Å². The van der Waals surface area contributed by atoms with Crippen LogP contribution in [0.4, 0.5) is 0 Å². The summed E-state index contributed by atoms with van der Waals surface area (Å²) < 4.78 is 38.9. The zero-order valence-electron chi connectivity index (χ0n) is 18.1. The Bertz CT molecular complexity index is 981. The van der Waals surface area contributed by atoms with Gasteiger partial charge < -0.3 is 14.8 Å². The van der Waals surface area contributed by atoms with Gasteiger partial charge in [0.15, 0.2) is 0 Å². The van der Waals surface area contributed by atoms with Gasteiger partial charge in [0.25, 0.3) is 5.91 Å². The molecule has 0 aliphatic heterocycles. The van der Waals surface area contributed by atoms with Gasteiger partial charge in [0.1, 0.15) is 16.4 Å². The van der Waals surface area contributed by atoms with Crippen molar-refractivity contribution < 1.29 is 22.7 Å². The van der Waals surface area contributed by atoms with Gasteiger partial charge in [0, 0.05) is 17.6 Å². The van der Waals surface area contributed by atoms with E-state index in [1.807, 2.05) is 31.2 Å². The lowest BCUT2D eigenvalue weighted by molar-refractivity contribution is 0.0951. The maximum atomic E-state index is 12.7. The van der Waals surface area contributed by atoms with Gasteiger partial charge in [-0.25, -0.2) is 13.1 Å². The highest BCUT2D eigenvalue weighted by molar-refractivity contribution is 7.89. The summed E-state index contributed by atoms with van der Waals surface area (Å²) >= 11 is 0. The highest BCUT2D eigenvalue weighted by Gasteiger charge is 2.26. The average molecular weight is 435 g/mol. The van der Waals surface area contributed by atoms with Crippen molar-refractivity contribution in [2.24, 2.45) is 0 Å². The van der Waals surface area contributed by atoms with Crippen LogP contribution in [0.15, 0.2) is 47.4 Å². The maximum Gasteiger partial charge on any atom is 0.251 e. The van der Waals surface area contributed by atoms with E-state index >= 15 is 0 Å². The van der Waals surface area contributed by atoms with Crippen LogP contribution in [-0.4, -0.2) is 40.1 Å². The molecule has 164 valence electrons. The van der Waals surface area contributed by atoms with E-state index in [1.54, 1.807) is 20.8 Å². The largest absolute Gasteiger partial charge is 0.495 e. The summed E-state index contributed by atoms with van der Waals surface area (Å²) in [5, 5.41) is 2.79. The predicted molar refractivity (Wildman–Crippen MR) is 117 cm³/mol. The third kappa shape index (κ3) is 7.03. The van der Waals surface area contributed by atoms with Crippen molar-refractivity contribution in [2.45, 2.75) is 44.6 Å². The number of aryl methyl sites for hydroxylation is 1. The molecule has 0 bridgehead atoms. The molecule has 0 heterocycles. The Morgan fingerprint density at radius 1 is 1.10 bits per heavy atom. The maximum absolute atomic E-state index is 12.7. The van der Waals surface area contributed by atoms with Crippen molar-refractivity contribution in [2.75, 3.05) is 20.3 Å². The Morgan fingerprint density at radius 3 is 2.47 bits per heavy atom. The Labute approximate surface area is 178 Å². The smallest absolute Gasteiger partial charge is 0.251 e. The molecule has 30 heavy (non-hydrogen) atoms. The molecule has 0 fully saturated rings. The number of nitrogens with one attached hydrogen (secondary N) is 2. The van der Waals surface area contributed by atoms with E-state index < -0.39 is 15.6 Å². The second-order valence-electron chi connectivity index (χ2n) is 8.00. The molecule has 0 aliphatic carbocycles. The number of amides is 1. The number of rotatable bonds is 9. The van der Waals surface area contributed by atoms with Crippen LogP contribution in [0.25, 0.3) is 0 Å². The first-order valence-electron chi connectivity index (χ1n) is 9.71. The summed E-state index contributed by atoms with van der Waals surface area (Å²) in [5.74, 6) is 0.605. The van der Waals surface area contributed by atoms with Crippen LogP contribution < -0.4 is 19.5 Å². The average Bonchev–Trinajstić information content (AvgIpc) is 2.65. The van der Waals surface area contributed by atoms with Crippen LogP contribution in [0.3, 0.4) is 0 Å². The Hall–Kier alpha value is -2.58. The Balaban J connectivity index is 1.98. The third-order valence-electron chi connectivity index (χ3n) is 4.02. The molecule has 0 saturated carbocycles. The summed E-state index contributed by atoms with van der Waals surface area (Å²) in [5.41, 5.74) is 0.691. The molecule has 0 spiro atoms. The van der Waals surface area contributed by atoms with Crippen molar-refractivity contribution in [3.8, 4) is 11.5 Å². The summed E-state index contributed by atoms with van der Waals surface area (Å²) in [6, 6.07) is 12.1. The van der Waals surface area contributed by atoms with E-state index in [-0.39, 0.29) is 22.1 Å². The van der Waals surface area contributed by atoms with E-state index in [1.165, 1.54) is 25.3 Å². The van der Waals surface area contributed by atoms with Crippen LogP contribution in [0.2, 0.25) is 0 Å². The second-order valence-corrected chi connectivity index (χ2v) is 9.65. The summed E-state index contributed by atoms with van der Waals surface area (Å²) in [7, 11) is -2.47. The molecule has 7 nitrogen and oxygen atoms in total. The highest BCUT2D eigenvalue weighted by Crippen LogP contribution is 2.26. The third-order valence-corrected chi connectivity index (χ3v) is 5.80. The zero-order chi connectivity index (χ0) is 22.4. The van der Waals surface area contributed by atoms with Gasteiger partial charge in [-0.05, 0) is 70.0 Å². The summed E-state index contributed by atoms with van der Waals surface area (Å²) in [6.07, 6.45) is 0.618. The van der Waals surface area contributed by atoms with Crippen LogP contribution in [0.1, 0.15) is 43.1 Å². The molecule has 8 heteroatoms. The lowest BCUT2D eigenvalue weighted by Crippen LogP contribution is -2.40. The molecular formula is C22H30N2O5S. The molecule has 0 aliphatic rings. The second kappa shape index (κ2) is 9.95. The molecule has 0 atom stereocenters. The highest BCUT2D eigenvalue weighted by atomic mass is 32.2. The van der Waals surface area contributed by atoms with E-state index in [0.29, 0.717) is 19.6 Å². The van der Waals surface area contributed by atoms with Crippen LogP contribution in [0.5, 0.6) is 11.5 Å². The number of benzene rings is 2. The lowest BCUT2D eigenvalue weighted by atomic mass is 10.1. The van der Waals surface area contributed by atoms with Crippen LogP contribution in [0, 0.1) is 6.92 Å². The summed E-state index contributed by atoms with van der Waals surface area (Å²) in [4.78, 5) is 12.4. The van der Waals surface area contributed by atoms with Gasteiger partial charge in [-0.15, -0.1) is 0 Å².